The summed E-state index contributed by atoms with van der Waals surface area (Å²) >= 11 is 1.85. The largest absolute Gasteiger partial charge is 0.311 e. The van der Waals surface area contributed by atoms with E-state index in [1.54, 1.807) is 0 Å². The molecule has 0 atom stereocenters. The maximum atomic E-state index is 5.29. The molecule has 0 spiro atoms. The summed E-state index contributed by atoms with van der Waals surface area (Å²) in [4.78, 5) is 7.63. The van der Waals surface area contributed by atoms with Crippen LogP contribution < -0.4 is 4.90 Å². The highest BCUT2D eigenvalue weighted by Crippen LogP contribution is 2.42. The zero-order chi connectivity index (χ0) is 34.4. The third-order valence-corrected chi connectivity index (χ3v) is 11.2. The van der Waals surface area contributed by atoms with Crippen LogP contribution in [0.5, 0.6) is 0 Å². The Hall–Kier alpha value is -6.55. The molecule has 0 radical (unpaired) electrons. The quantitative estimate of drug-likeness (QED) is 0.163. The van der Waals surface area contributed by atoms with Crippen molar-refractivity contribution in [1.29, 1.82) is 0 Å². The van der Waals surface area contributed by atoms with Crippen molar-refractivity contribution >= 4 is 70.2 Å². The molecule has 244 valence electrons. The summed E-state index contributed by atoms with van der Waals surface area (Å²) in [6, 6.07) is 69.7. The van der Waals surface area contributed by atoms with Gasteiger partial charge in [-0.15, -0.1) is 11.3 Å². The van der Waals surface area contributed by atoms with Crippen molar-refractivity contribution in [2.75, 3.05) is 4.90 Å². The normalized spacial score (nSPS) is 11.5. The first-order valence-electron chi connectivity index (χ1n) is 17.6. The topological polar surface area (TPSA) is 16.1 Å². The lowest BCUT2D eigenvalue weighted by molar-refractivity contribution is 1.28. The number of rotatable bonds is 6. The van der Waals surface area contributed by atoms with Crippen LogP contribution >= 0.6 is 11.3 Å². The van der Waals surface area contributed by atoms with Gasteiger partial charge in [-0.2, -0.15) is 0 Å². The minimum Gasteiger partial charge on any atom is -0.311 e. The SMILES string of the molecule is c1ccc(-c2ccc(N(c3ccc(-c4ccccc4)cc3)c3ccc(-c4nc5ccccc5c5cc6c(cc45)sc4ccccc46)cc3)cc2)cc1. The second kappa shape index (κ2) is 12.6. The number of benzene rings is 8. The monoisotopic (exact) mass is 680 g/mol. The maximum Gasteiger partial charge on any atom is 0.0788 e. The van der Waals surface area contributed by atoms with Gasteiger partial charge in [-0.05, 0) is 88.3 Å². The molecule has 0 fully saturated rings. The highest BCUT2D eigenvalue weighted by molar-refractivity contribution is 7.25. The van der Waals surface area contributed by atoms with Crippen molar-refractivity contribution in [3.05, 3.63) is 194 Å². The van der Waals surface area contributed by atoms with Crippen molar-refractivity contribution < 1.29 is 0 Å². The smallest absolute Gasteiger partial charge is 0.0788 e. The first-order valence-corrected chi connectivity index (χ1v) is 18.4. The number of fused-ring (bicyclic) bond motifs is 6. The zero-order valence-corrected chi connectivity index (χ0v) is 29.1. The molecule has 0 amide bonds. The van der Waals surface area contributed by atoms with E-state index in [1.165, 1.54) is 58.6 Å². The van der Waals surface area contributed by atoms with E-state index in [0.29, 0.717) is 0 Å². The van der Waals surface area contributed by atoms with Gasteiger partial charge in [0.2, 0.25) is 0 Å². The second-order valence-electron chi connectivity index (χ2n) is 13.2. The third kappa shape index (κ3) is 5.31. The molecule has 0 aliphatic rings. The average molecular weight is 681 g/mol. The summed E-state index contributed by atoms with van der Waals surface area (Å²) in [5, 5.41) is 6.21. The molecule has 2 aromatic heterocycles. The Labute approximate surface area is 306 Å². The lowest BCUT2D eigenvalue weighted by Crippen LogP contribution is -2.09. The molecule has 2 heterocycles. The predicted octanol–water partition coefficient (Wildman–Crippen LogP) is 14.2. The summed E-state index contributed by atoms with van der Waals surface area (Å²) in [6.45, 7) is 0. The van der Waals surface area contributed by atoms with Crippen LogP contribution in [0.3, 0.4) is 0 Å². The van der Waals surface area contributed by atoms with Crippen LogP contribution in [-0.2, 0) is 0 Å². The Kier molecular flexibility index (Phi) is 7.37. The predicted molar refractivity (Wildman–Crippen MR) is 223 cm³/mol. The van der Waals surface area contributed by atoms with Gasteiger partial charge in [0.25, 0.3) is 0 Å². The molecule has 0 N–H and O–H groups in total. The van der Waals surface area contributed by atoms with Crippen LogP contribution in [-0.4, -0.2) is 4.98 Å². The van der Waals surface area contributed by atoms with E-state index in [1.807, 2.05) is 11.3 Å². The van der Waals surface area contributed by atoms with Crippen LogP contribution in [0.4, 0.5) is 17.1 Å². The van der Waals surface area contributed by atoms with Crippen LogP contribution in [0.2, 0.25) is 0 Å². The van der Waals surface area contributed by atoms with Crippen LogP contribution in [0.25, 0.3) is 75.4 Å². The molecule has 3 heteroatoms. The van der Waals surface area contributed by atoms with Gasteiger partial charge in [-0.3, -0.25) is 0 Å². The summed E-state index contributed by atoms with van der Waals surface area (Å²) in [5.74, 6) is 0. The first-order chi connectivity index (χ1) is 25.8. The van der Waals surface area contributed by atoms with Crippen molar-refractivity contribution in [1.82, 2.24) is 4.98 Å². The van der Waals surface area contributed by atoms with Gasteiger partial charge in [0.15, 0.2) is 0 Å². The second-order valence-corrected chi connectivity index (χ2v) is 14.3. The van der Waals surface area contributed by atoms with Gasteiger partial charge < -0.3 is 4.90 Å². The fourth-order valence-corrected chi connectivity index (χ4v) is 8.60. The number of para-hydroxylation sites is 1. The van der Waals surface area contributed by atoms with E-state index < -0.39 is 0 Å². The lowest BCUT2D eigenvalue weighted by Gasteiger charge is -2.26. The van der Waals surface area contributed by atoms with E-state index >= 15 is 0 Å². The molecule has 0 saturated carbocycles. The number of aromatic nitrogens is 1. The Bertz CT molecular complexity index is 2780. The Morgan fingerprint density at radius 2 is 0.808 bits per heavy atom. The van der Waals surface area contributed by atoms with Gasteiger partial charge in [0, 0.05) is 53.6 Å². The van der Waals surface area contributed by atoms with E-state index in [9.17, 15) is 0 Å². The van der Waals surface area contributed by atoms with Crippen LogP contribution in [0.15, 0.2) is 194 Å². The number of thiophene rings is 1. The van der Waals surface area contributed by atoms with E-state index in [4.69, 9.17) is 4.98 Å². The van der Waals surface area contributed by atoms with Crippen LogP contribution in [0, 0.1) is 0 Å². The Balaban J connectivity index is 1.09. The molecule has 10 aromatic rings. The van der Waals surface area contributed by atoms with Crippen molar-refractivity contribution in [3.63, 3.8) is 0 Å². The van der Waals surface area contributed by atoms with Gasteiger partial charge in [-0.1, -0.05) is 133 Å². The molecule has 0 bridgehead atoms. The molecule has 8 aromatic carbocycles. The number of nitrogens with zero attached hydrogens (tertiary/aromatic N) is 2. The summed E-state index contributed by atoms with van der Waals surface area (Å²) in [6.07, 6.45) is 0. The van der Waals surface area contributed by atoms with Gasteiger partial charge in [0.1, 0.15) is 0 Å². The van der Waals surface area contributed by atoms with Gasteiger partial charge in [-0.25, -0.2) is 4.98 Å². The van der Waals surface area contributed by atoms with Crippen molar-refractivity contribution in [2.45, 2.75) is 0 Å². The molecule has 0 saturated heterocycles. The van der Waals surface area contributed by atoms with E-state index in [2.05, 4.69) is 199 Å². The fourth-order valence-electron chi connectivity index (χ4n) is 7.47. The molecule has 2 nitrogen and oxygen atoms in total. The molecule has 0 unspecified atom stereocenters. The zero-order valence-electron chi connectivity index (χ0n) is 28.3. The van der Waals surface area contributed by atoms with E-state index in [0.717, 1.165) is 33.8 Å². The number of hydrogen-bond donors (Lipinski definition) is 0. The number of hydrogen-bond acceptors (Lipinski definition) is 3. The minimum absolute atomic E-state index is 1.01. The third-order valence-electron chi connectivity index (χ3n) is 10.1. The minimum atomic E-state index is 1.01. The molecular formula is C49H32N2S. The van der Waals surface area contributed by atoms with Crippen molar-refractivity contribution in [2.24, 2.45) is 0 Å². The highest BCUT2D eigenvalue weighted by atomic mass is 32.1. The fraction of sp³-hybridized carbons (Fsp3) is 0. The van der Waals surface area contributed by atoms with Gasteiger partial charge >= 0.3 is 0 Å². The number of anilines is 3. The Morgan fingerprint density at radius 3 is 1.40 bits per heavy atom. The molecule has 0 aliphatic carbocycles. The molecule has 0 aliphatic heterocycles. The van der Waals surface area contributed by atoms with Crippen LogP contribution in [0.1, 0.15) is 0 Å². The summed E-state index contributed by atoms with van der Waals surface area (Å²) < 4.78 is 2.59. The standard InChI is InChI=1S/C49H32N2S/c1-3-11-33(12-4-1)35-19-25-38(26-20-35)51(39-27-21-36(22-28-39)34-13-5-2-6-14-34)40-29-23-37(24-30-40)49-45-32-48-44(42-16-8-10-18-47(42)52-48)31-43(45)41-15-7-9-17-46(41)50-49/h1-32H. The molecular weight excluding hydrogens is 649 g/mol. The van der Waals surface area contributed by atoms with Gasteiger partial charge in [0.05, 0.1) is 11.2 Å². The molecule has 10 rings (SSSR count). The van der Waals surface area contributed by atoms with Crippen molar-refractivity contribution in [3.8, 4) is 33.5 Å². The highest BCUT2D eigenvalue weighted by Gasteiger charge is 2.17. The summed E-state index contributed by atoms with van der Waals surface area (Å²) in [5.41, 5.74) is 11.2. The average Bonchev–Trinajstić information content (AvgIpc) is 3.59. The maximum absolute atomic E-state index is 5.29. The summed E-state index contributed by atoms with van der Waals surface area (Å²) in [7, 11) is 0. The lowest BCUT2D eigenvalue weighted by atomic mass is 9.98. The first kappa shape index (κ1) is 30.3. The van der Waals surface area contributed by atoms with E-state index in [-0.39, 0.29) is 0 Å². The Morgan fingerprint density at radius 1 is 0.327 bits per heavy atom. The molecule has 52 heavy (non-hydrogen) atoms. The number of pyridine rings is 1.